The number of urea groups is 1. The van der Waals surface area contributed by atoms with Gasteiger partial charge in [-0.2, -0.15) is 34.8 Å². The quantitative estimate of drug-likeness (QED) is 0.159. The molecule has 0 rings (SSSR count). The van der Waals surface area contributed by atoms with Crippen molar-refractivity contribution in [2.24, 2.45) is 0 Å². The van der Waals surface area contributed by atoms with E-state index in [0.717, 1.165) is 0 Å². The Bertz CT molecular complexity index is 752. The molecule has 0 heterocycles. The zero-order valence-electron chi connectivity index (χ0n) is 20.2. The van der Waals surface area contributed by atoms with Crippen molar-refractivity contribution in [1.29, 1.82) is 0 Å². The molecule has 0 spiro atoms. The molecule has 0 aliphatic carbocycles. The highest BCUT2D eigenvalue weighted by molar-refractivity contribution is 7.87. The number of hydrogen-bond acceptors (Lipinski definition) is 10. The molecule has 0 N–H and O–H groups in total. The predicted octanol–water partition coefficient (Wildman–Crippen LogP) is 0.803. The highest BCUT2D eigenvalue weighted by Gasteiger charge is 2.46. The zero-order chi connectivity index (χ0) is 28.9. The molecule has 0 aliphatic heterocycles. The lowest BCUT2D eigenvalue weighted by Crippen LogP contribution is -2.41. The van der Waals surface area contributed by atoms with Crippen LogP contribution in [0.2, 0.25) is 0 Å². The van der Waals surface area contributed by atoms with Crippen molar-refractivity contribution >= 4 is 26.3 Å². The van der Waals surface area contributed by atoms with Crippen LogP contribution in [-0.4, -0.2) is 135 Å². The molecule has 0 saturated heterocycles. The second-order valence-electron chi connectivity index (χ2n) is 6.53. The average Bonchev–Trinajstić information content (AvgIpc) is 2.59. The summed E-state index contributed by atoms with van der Waals surface area (Å²) in [6, 6.07) is 0.0185. The summed E-state index contributed by atoms with van der Waals surface area (Å²) < 4.78 is 120. The fourth-order valence-corrected chi connectivity index (χ4v) is 1.57. The Morgan fingerprint density at radius 3 is 1.00 bits per heavy atom. The molecule has 0 bridgehead atoms. The number of rotatable bonds is 4. The Kier molecular flexibility index (Phi) is 19.0. The van der Waals surface area contributed by atoms with Crippen molar-refractivity contribution in [3.8, 4) is 0 Å². The highest BCUT2D eigenvalue weighted by Crippen LogP contribution is 2.23. The summed E-state index contributed by atoms with van der Waals surface area (Å²) in [4.78, 5) is 17.8. The van der Waals surface area contributed by atoms with Crippen molar-refractivity contribution in [2.75, 3.05) is 70.6 Å². The summed E-state index contributed by atoms with van der Waals surface area (Å²) >= 11 is 0. The van der Waals surface area contributed by atoms with Gasteiger partial charge in [0.05, 0.1) is 7.11 Å². The maximum Gasteiger partial charge on any atom is 0.523 e. The predicted molar refractivity (Wildman–Crippen MR) is 109 cm³/mol. The third-order valence-corrected chi connectivity index (χ3v) is 4.22. The monoisotopic (exact) mass is 561 g/mol. The first-order valence-electron chi connectivity index (χ1n) is 8.34. The van der Waals surface area contributed by atoms with Gasteiger partial charge in [-0.1, -0.05) is 0 Å². The highest BCUT2D eigenvalue weighted by atomic mass is 32.2. The molecule has 0 saturated carbocycles. The van der Waals surface area contributed by atoms with Gasteiger partial charge in [0.15, 0.2) is 16.5 Å². The van der Waals surface area contributed by atoms with E-state index in [1.807, 2.05) is 38.0 Å². The fourth-order valence-electron chi connectivity index (χ4n) is 1.38. The van der Waals surface area contributed by atoms with Crippen LogP contribution in [-0.2, 0) is 29.2 Å². The Morgan fingerprint density at radius 1 is 0.735 bits per heavy atom. The van der Waals surface area contributed by atoms with Crippen LogP contribution in [0.4, 0.5) is 31.1 Å². The number of alkyl halides is 6. The third kappa shape index (κ3) is 18.9. The number of halogens is 6. The second kappa shape index (κ2) is 16.3. The lowest BCUT2D eigenvalue weighted by atomic mass is 10.7. The van der Waals surface area contributed by atoms with Crippen LogP contribution < -0.4 is 0 Å². The number of carbonyl (C=O) groups is 1. The minimum absolute atomic E-state index is 0.0185. The van der Waals surface area contributed by atoms with Gasteiger partial charge in [0, 0.05) is 35.3 Å². The van der Waals surface area contributed by atoms with E-state index in [2.05, 4.69) is 4.18 Å². The van der Waals surface area contributed by atoms with Gasteiger partial charge in [0.2, 0.25) is 0 Å². The molecule has 2 amide bonds. The SMILES string of the molecule is CN(C)C(=O)N(C)C.COC(N(C)C)N(C)C.COS(=O)(=O)C(F)(F)F.O=S(=O)([O-])C(F)(F)F. The van der Waals surface area contributed by atoms with Crippen LogP contribution in [0.15, 0.2) is 0 Å². The average molecular weight is 562 g/mol. The summed E-state index contributed by atoms with van der Waals surface area (Å²) in [6.45, 7) is 0. The second-order valence-corrected chi connectivity index (χ2v) is 9.60. The number of hydrogen-bond donors (Lipinski definition) is 0. The molecule has 0 aromatic heterocycles. The number of ether oxygens (including phenoxy) is 1. The Hall–Kier alpha value is -1.45. The van der Waals surface area contributed by atoms with Crippen molar-refractivity contribution in [2.45, 2.75) is 17.4 Å². The molecular weight excluding hydrogens is 530 g/mol. The number of carbonyl (C=O) groups excluding carboxylic acids is 1. The summed E-state index contributed by atoms with van der Waals surface area (Å²) in [6.07, 6.45) is 0.0880. The molecular formula is C14H31F6N4O8S2-. The van der Waals surface area contributed by atoms with Crippen LogP contribution in [0.5, 0.6) is 0 Å². The normalized spacial score (nSPS) is 12.1. The van der Waals surface area contributed by atoms with Gasteiger partial charge in [-0.25, -0.2) is 13.2 Å². The molecule has 0 radical (unpaired) electrons. The lowest BCUT2D eigenvalue weighted by Gasteiger charge is -2.28. The summed E-state index contributed by atoms with van der Waals surface area (Å²) in [5.74, 6) is 0. The van der Waals surface area contributed by atoms with Crippen LogP contribution in [0, 0.1) is 0 Å². The summed E-state index contributed by atoms with van der Waals surface area (Å²) in [5, 5.41) is 0. The molecule has 0 fully saturated rings. The van der Waals surface area contributed by atoms with Gasteiger partial charge in [0.1, 0.15) is 0 Å². The van der Waals surface area contributed by atoms with E-state index in [0.29, 0.717) is 7.11 Å². The minimum atomic E-state index is -6.09. The van der Waals surface area contributed by atoms with E-state index in [1.54, 1.807) is 35.3 Å². The molecule has 0 aromatic rings. The van der Waals surface area contributed by atoms with Crippen molar-refractivity contribution in [1.82, 2.24) is 19.6 Å². The van der Waals surface area contributed by atoms with Crippen LogP contribution in [0.25, 0.3) is 0 Å². The van der Waals surface area contributed by atoms with E-state index in [-0.39, 0.29) is 12.4 Å². The molecule has 34 heavy (non-hydrogen) atoms. The third-order valence-electron chi connectivity index (χ3n) is 2.65. The van der Waals surface area contributed by atoms with Crippen molar-refractivity contribution in [3.63, 3.8) is 0 Å². The van der Waals surface area contributed by atoms with Crippen LogP contribution in [0.3, 0.4) is 0 Å². The smallest absolute Gasteiger partial charge is 0.523 e. The van der Waals surface area contributed by atoms with E-state index in [1.165, 1.54) is 9.80 Å². The first-order valence-corrected chi connectivity index (χ1v) is 11.2. The topological polar surface area (TPSA) is 140 Å². The van der Waals surface area contributed by atoms with Crippen LogP contribution >= 0.6 is 0 Å². The maximum atomic E-state index is 11.1. The number of amides is 2. The van der Waals surface area contributed by atoms with Crippen LogP contribution in [0.1, 0.15) is 0 Å². The van der Waals surface area contributed by atoms with Gasteiger partial charge in [-0.05, 0) is 28.2 Å². The van der Waals surface area contributed by atoms with Gasteiger partial charge in [-0.15, -0.1) is 0 Å². The van der Waals surface area contributed by atoms with Crippen molar-refractivity contribution in [3.05, 3.63) is 0 Å². The molecule has 20 heteroatoms. The maximum absolute atomic E-state index is 11.1. The minimum Gasteiger partial charge on any atom is -0.741 e. The van der Waals surface area contributed by atoms with E-state index >= 15 is 0 Å². The Labute approximate surface area is 195 Å². The van der Waals surface area contributed by atoms with E-state index in [9.17, 15) is 39.6 Å². The first-order chi connectivity index (χ1) is 14.7. The summed E-state index contributed by atoms with van der Waals surface area (Å²) in [7, 11) is 5.54. The number of methoxy groups -OCH3 is 1. The molecule has 12 nitrogen and oxygen atoms in total. The Balaban J connectivity index is -0.000000177. The summed E-state index contributed by atoms with van der Waals surface area (Å²) in [5.41, 5.74) is -10.9. The zero-order valence-corrected chi connectivity index (χ0v) is 21.8. The van der Waals surface area contributed by atoms with Crippen molar-refractivity contribution < 1.29 is 61.4 Å². The largest absolute Gasteiger partial charge is 0.741 e. The van der Waals surface area contributed by atoms with Gasteiger partial charge >= 0.3 is 27.2 Å². The molecule has 0 aromatic carbocycles. The van der Waals surface area contributed by atoms with E-state index in [4.69, 9.17) is 17.7 Å². The lowest BCUT2D eigenvalue weighted by molar-refractivity contribution is -0.0950. The Morgan fingerprint density at radius 2 is 1.00 bits per heavy atom. The van der Waals surface area contributed by atoms with E-state index < -0.39 is 31.3 Å². The molecule has 0 atom stereocenters. The number of nitrogens with zero attached hydrogens (tertiary/aromatic N) is 4. The molecule has 0 unspecified atom stereocenters. The standard InChI is InChI=1S/C6H16N2O.C5H12N2O.C2H3F3O3S.CHF3O3S/c1-7(2)6(9-5)8(3)4;1-6(2)5(8)7(3)4;1-8-9(6,7)2(3,4)5;2-1(3,4)8(5,6)7/h6H,1-5H3;1-4H3;1H3;(H,5,6,7)/p-1. The first kappa shape index (κ1) is 39.8. The molecule has 0 aliphatic rings. The van der Waals surface area contributed by atoms with Gasteiger partial charge < -0.3 is 19.1 Å². The molecule has 210 valence electrons. The fraction of sp³-hybridized carbons (Fsp3) is 0.929. The van der Waals surface area contributed by atoms with Gasteiger partial charge in [-0.3, -0.25) is 14.0 Å². The van der Waals surface area contributed by atoms with Gasteiger partial charge in [0.25, 0.3) is 0 Å².